The fourth-order valence-electron chi connectivity index (χ4n) is 3.92. The smallest absolute Gasteiger partial charge is 0.317 e. The Morgan fingerprint density at radius 3 is 2.75 bits per heavy atom. The van der Waals surface area contributed by atoms with E-state index in [0.29, 0.717) is 26.1 Å². The predicted molar refractivity (Wildman–Crippen MR) is 106 cm³/mol. The second-order valence-corrected chi connectivity index (χ2v) is 7.81. The lowest BCUT2D eigenvalue weighted by Crippen LogP contribution is -2.65. The number of amides is 3. The zero-order valence-corrected chi connectivity index (χ0v) is 16.7. The maximum Gasteiger partial charge on any atom is 0.317 e. The lowest BCUT2D eigenvalue weighted by atomic mass is 9.76. The highest BCUT2D eigenvalue weighted by Crippen LogP contribution is 2.32. The summed E-state index contributed by atoms with van der Waals surface area (Å²) in [5.41, 5.74) is 0.501. The third-order valence-electron chi connectivity index (χ3n) is 5.84. The zero-order valence-electron chi connectivity index (χ0n) is 16.7. The molecule has 2 saturated heterocycles. The first kappa shape index (κ1) is 20.0. The van der Waals surface area contributed by atoms with Crippen molar-refractivity contribution in [3.63, 3.8) is 0 Å². The van der Waals surface area contributed by atoms with E-state index >= 15 is 0 Å². The van der Waals surface area contributed by atoms with E-state index in [1.54, 1.807) is 14.2 Å². The average Bonchev–Trinajstić information content (AvgIpc) is 2.70. The van der Waals surface area contributed by atoms with E-state index in [9.17, 15) is 9.59 Å². The van der Waals surface area contributed by atoms with Gasteiger partial charge in [-0.25, -0.2) is 4.79 Å². The van der Waals surface area contributed by atoms with Crippen LogP contribution < -0.4 is 15.4 Å². The maximum absolute atomic E-state index is 12.7. The standard InChI is InChI=1S/C20H29N5O3/c1-20(11-17(26)24(2)18(21)23-20)15-5-4-10-25(13-15)19(27)22-12-14-6-8-16(28-3)9-7-14/h6-9,15H,4-5,10-13H2,1-3H3,(H2,21,23)(H,22,27)/t15?,20-/m0/s1. The van der Waals surface area contributed by atoms with Crippen LogP contribution in [0, 0.1) is 11.3 Å². The summed E-state index contributed by atoms with van der Waals surface area (Å²) < 4.78 is 5.15. The third kappa shape index (κ3) is 4.21. The predicted octanol–water partition coefficient (Wildman–Crippen LogP) is 1.76. The molecule has 2 fully saturated rings. The minimum Gasteiger partial charge on any atom is -0.497 e. The van der Waals surface area contributed by atoms with Crippen LogP contribution in [0.2, 0.25) is 0 Å². The fraction of sp³-hybridized carbons (Fsp3) is 0.550. The minimum absolute atomic E-state index is 0.0627. The van der Waals surface area contributed by atoms with E-state index in [1.807, 2.05) is 36.1 Å². The second-order valence-electron chi connectivity index (χ2n) is 7.81. The van der Waals surface area contributed by atoms with Gasteiger partial charge in [0, 0.05) is 26.7 Å². The van der Waals surface area contributed by atoms with Gasteiger partial charge in [-0.3, -0.25) is 15.1 Å². The Bertz CT molecular complexity index is 731. The van der Waals surface area contributed by atoms with Crippen LogP contribution in [0.1, 0.15) is 31.7 Å². The number of hydrogen-bond acceptors (Lipinski definition) is 4. The molecular formula is C20H29N5O3. The van der Waals surface area contributed by atoms with Crippen LogP contribution in [-0.4, -0.2) is 60.5 Å². The summed E-state index contributed by atoms with van der Waals surface area (Å²) in [6.45, 7) is 3.71. The summed E-state index contributed by atoms with van der Waals surface area (Å²) in [4.78, 5) is 28.0. The van der Waals surface area contributed by atoms with Gasteiger partial charge in [0.25, 0.3) is 0 Å². The molecule has 152 valence electrons. The molecule has 3 amide bonds. The Kier molecular flexibility index (Phi) is 5.76. The molecule has 1 aromatic carbocycles. The molecular weight excluding hydrogens is 358 g/mol. The molecule has 2 aliphatic rings. The number of ether oxygens (including phenoxy) is 1. The highest BCUT2D eigenvalue weighted by Gasteiger charge is 2.44. The van der Waals surface area contributed by atoms with Crippen molar-refractivity contribution in [1.82, 2.24) is 20.4 Å². The van der Waals surface area contributed by atoms with E-state index < -0.39 is 5.54 Å². The molecule has 2 atom stereocenters. The molecule has 8 heteroatoms. The molecule has 1 unspecified atom stereocenters. The molecule has 0 bridgehead atoms. The second kappa shape index (κ2) is 8.08. The first-order valence-electron chi connectivity index (χ1n) is 9.61. The highest BCUT2D eigenvalue weighted by atomic mass is 16.5. The van der Waals surface area contributed by atoms with Gasteiger partial charge in [-0.15, -0.1) is 0 Å². The van der Waals surface area contributed by atoms with Crippen LogP contribution in [0.5, 0.6) is 5.75 Å². The fourth-order valence-corrected chi connectivity index (χ4v) is 3.92. The Balaban J connectivity index is 1.58. The van der Waals surface area contributed by atoms with Crippen LogP contribution in [0.3, 0.4) is 0 Å². The number of urea groups is 1. The maximum atomic E-state index is 12.7. The average molecular weight is 387 g/mol. The number of benzene rings is 1. The normalized spacial score (nSPS) is 25.3. The van der Waals surface area contributed by atoms with Gasteiger partial charge >= 0.3 is 6.03 Å². The van der Waals surface area contributed by atoms with Crippen molar-refractivity contribution in [3.05, 3.63) is 29.8 Å². The summed E-state index contributed by atoms with van der Waals surface area (Å²) in [6.07, 6.45) is 2.14. The van der Waals surface area contributed by atoms with Crippen LogP contribution in [-0.2, 0) is 11.3 Å². The lowest BCUT2D eigenvalue weighted by molar-refractivity contribution is -0.130. The number of nitrogens with zero attached hydrogens (tertiary/aromatic N) is 2. The van der Waals surface area contributed by atoms with Gasteiger partial charge in [0.15, 0.2) is 5.96 Å². The Morgan fingerprint density at radius 1 is 1.39 bits per heavy atom. The van der Waals surface area contributed by atoms with E-state index in [1.165, 1.54) is 4.90 Å². The van der Waals surface area contributed by atoms with Gasteiger partial charge in [0.2, 0.25) is 5.91 Å². The van der Waals surface area contributed by atoms with Crippen molar-refractivity contribution in [2.75, 3.05) is 27.2 Å². The van der Waals surface area contributed by atoms with E-state index in [4.69, 9.17) is 10.1 Å². The first-order valence-corrected chi connectivity index (χ1v) is 9.61. The van der Waals surface area contributed by atoms with Crippen LogP contribution >= 0.6 is 0 Å². The van der Waals surface area contributed by atoms with Gasteiger partial charge in [0.05, 0.1) is 19.1 Å². The molecule has 0 radical (unpaired) electrons. The summed E-state index contributed by atoms with van der Waals surface area (Å²) in [6, 6.07) is 7.50. The number of hydrogen-bond donors (Lipinski definition) is 3. The highest BCUT2D eigenvalue weighted by molar-refractivity contribution is 5.98. The monoisotopic (exact) mass is 387 g/mol. The van der Waals surface area contributed by atoms with Crippen molar-refractivity contribution in [1.29, 1.82) is 5.41 Å². The molecule has 2 heterocycles. The van der Waals surface area contributed by atoms with Gasteiger partial charge in [-0.1, -0.05) is 12.1 Å². The number of guanidine groups is 1. The van der Waals surface area contributed by atoms with Gasteiger partial charge in [-0.2, -0.15) is 0 Å². The number of likely N-dealkylation sites (tertiary alicyclic amines) is 1. The number of methoxy groups -OCH3 is 1. The molecule has 1 aromatic rings. The van der Waals surface area contributed by atoms with E-state index in [2.05, 4.69) is 10.6 Å². The summed E-state index contributed by atoms with van der Waals surface area (Å²) in [5, 5.41) is 14.2. The van der Waals surface area contributed by atoms with Gasteiger partial charge < -0.3 is 20.3 Å². The van der Waals surface area contributed by atoms with Crippen molar-refractivity contribution < 1.29 is 14.3 Å². The number of nitrogens with one attached hydrogen (secondary N) is 3. The lowest BCUT2D eigenvalue weighted by Gasteiger charge is -2.47. The van der Waals surface area contributed by atoms with Crippen molar-refractivity contribution in [2.24, 2.45) is 5.92 Å². The van der Waals surface area contributed by atoms with Crippen LogP contribution in [0.4, 0.5) is 4.79 Å². The molecule has 2 aliphatic heterocycles. The molecule has 0 saturated carbocycles. The molecule has 3 N–H and O–H groups in total. The number of rotatable bonds is 4. The molecule has 0 aromatic heterocycles. The zero-order chi connectivity index (χ0) is 20.3. The topological polar surface area (TPSA) is 97.8 Å². The molecule has 3 rings (SSSR count). The van der Waals surface area contributed by atoms with Crippen LogP contribution in [0.15, 0.2) is 24.3 Å². The summed E-state index contributed by atoms with van der Waals surface area (Å²) >= 11 is 0. The first-order chi connectivity index (χ1) is 13.3. The van der Waals surface area contributed by atoms with E-state index in [0.717, 1.165) is 24.2 Å². The van der Waals surface area contributed by atoms with Gasteiger partial charge in [-0.05, 0) is 43.4 Å². The van der Waals surface area contributed by atoms with Crippen molar-refractivity contribution in [2.45, 2.75) is 38.3 Å². The molecule has 28 heavy (non-hydrogen) atoms. The molecule has 0 aliphatic carbocycles. The largest absolute Gasteiger partial charge is 0.497 e. The number of carbonyl (C=O) groups is 2. The quantitative estimate of drug-likeness (QED) is 0.733. The minimum atomic E-state index is -0.504. The SMILES string of the molecule is COc1ccc(CNC(=O)N2CCCC([C@]3(C)CC(=O)N(C)C(=N)N3)C2)cc1. The summed E-state index contributed by atoms with van der Waals surface area (Å²) in [5.74, 6) is 0.964. The van der Waals surface area contributed by atoms with Gasteiger partial charge in [0.1, 0.15) is 5.75 Å². The Hall–Kier alpha value is -2.77. The Morgan fingerprint density at radius 2 is 2.11 bits per heavy atom. The molecule has 0 spiro atoms. The third-order valence-corrected chi connectivity index (χ3v) is 5.84. The number of carbonyl (C=O) groups excluding carboxylic acids is 2. The van der Waals surface area contributed by atoms with Crippen molar-refractivity contribution in [3.8, 4) is 5.75 Å². The van der Waals surface area contributed by atoms with Crippen molar-refractivity contribution >= 4 is 17.9 Å². The number of piperidine rings is 1. The molecule has 8 nitrogen and oxygen atoms in total. The van der Waals surface area contributed by atoms with E-state index in [-0.39, 0.29) is 23.8 Å². The van der Waals surface area contributed by atoms with Crippen LogP contribution in [0.25, 0.3) is 0 Å². The Labute approximate surface area is 165 Å². The summed E-state index contributed by atoms with van der Waals surface area (Å²) in [7, 11) is 3.23.